The van der Waals surface area contributed by atoms with E-state index in [-0.39, 0.29) is 24.4 Å². The molecule has 0 atom stereocenters. The van der Waals surface area contributed by atoms with Gasteiger partial charge in [-0.1, -0.05) is 12.1 Å². The van der Waals surface area contributed by atoms with Crippen LogP contribution in [0.2, 0.25) is 0 Å². The molecule has 1 aromatic carbocycles. The van der Waals surface area contributed by atoms with Crippen molar-refractivity contribution in [3.05, 3.63) is 40.9 Å². The van der Waals surface area contributed by atoms with Crippen molar-refractivity contribution in [2.75, 3.05) is 32.4 Å². The maximum Gasteiger partial charge on any atom is 0.261 e. The standard InChI is InChI=1S/C16H20N4O4S/c1-25(23,24)20-10-8-18(9-11-20)15(21)6-7-19-12-17-14-5-3-2-4-13(14)16(19)22/h2-5,12H,6-11H2,1H3. The largest absolute Gasteiger partial charge is 0.340 e. The molecule has 0 radical (unpaired) electrons. The third kappa shape index (κ3) is 3.88. The van der Waals surface area contributed by atoms with E-state index in [9.17, 15) is 18.0 Å². The van der Waals surface area contributed by atoms with Gasteiger partial charge in [0, 0.05) is 39.1 Å². The van der Waals surface area contributed by atoms with Gasteiger partial charge in [0.15, 0.2) is 0 Å². The van der Waals surface area contributed by atoms with Gasteiger partial charge in [0.05, 0.1) is 23.5 Å². The number of aryl methyl sites for hydroxylation is 1. The highest BCUT2D eigenvalue weighted by molar-refractivity contribution is 7.88. The molecule has 0 N–H and O–H groups in total. The zero-order valence-corrected chi connectivity index (χ0v) is 14.8. The number of fused-ring (bicyclic) bond motifs is 1. The summed E-state index contributed by atoms with van der Waals surface area (Å²) in [5.74, 6) is -0.0896. The normalized spacial score (nSPS) is 16.3. The van der Waals surface area contributed by atoms with E-state index >= 15 is 0 Å². The highest BCUT2D eigenvalue weighted by Gasteiger charge is 2.25. The molecule has 0 bridgehead atoms. The number of amides is 1. The van der Waals surface area contributed by atoms with Crippen LogP contribution in [0, 0.1) is 0 Å². The fourth-order valence-electron chi connectivity index (χ4n) is 2.91. The lowest BCUT2D eigenvalue weighted by molar-refractivity contribution is -0.132. The Morgan fingerprint density at radius 2 is 1.84 bits per heavy atom. The Kier molecular flexibility index (Phi) is 4.87. The summed E-state index contributed by atoms with van der Waals surface area (Å²) in [6, 6.07) is 7.09. The molecule has 0 aliphatic carbocycles. The van der Waals surface area contributed by atoms with E-state index in [2.05, 4.69) is 4.98 Å². The van der Waals surface area contributed by atoms with Crippen molar-refractivity contribution in [2.24, 2.45) is 0 Å². The smallest absolute Gasteiger partial charge is 0.261 e. The van der Waals surface area contributed by atoms with Crippen molar-refractivity contribution in [3.8, 4) is 0 Å². The van der Waals surface area contributed by atoms with Crippen LogP contribution in [0.3, 0.4) is 0 Å². The fraction of sp³-hybridized carbons (Fsp3) is 0.438. The van der Waals surface area contributed by atoms with Crippen molar-refractivity contribution < 1.29 is 13.2 Å². The van der Waals surface area contributed by atoms with Gasteiger partial charge in [0.2, 0.25) is 15.9 Å². The highest BCUT2D eigenvalue weighted by atomic mass is 32.2. The predicted molar refractivity (Wildman–Crippen MR) is 93.6 cm³/mol. The molecule has 0 saturated carbocycles. The summed E-state index contributed by atoms with van der Waals surface area (Å²) < 4.78 is 25.8. The van der Waals surface area contributed by atoms with Gasteiger partial charge in [-0.3, -0.25) is 14.2 Å². The Morgan fingerprint density at radius 3 is 2.52 bits per heavy atom. The topological polar surface area (TPSA) is 92.6 Å². The van der Waals surface area contributed by atoms with Crippen LogP contribution in [-0.2, 0) is 21.4 Å². The molecule has 1 aromatic heterocycles. The number of rotatable bonds is 4. The second-order valence-corrected chi connectivity index (χ2v) is 8.04. The van der Waals surface area contributed by atoms with Gasteiger partial charge < -0.3 is 4.90 Å². The lowest BCUT2D eigenvalue weighted by Gasteiger charge is -2.33. The molecule has 0 spiro atoms. The number of para-hydroxylation sites is 1. The van der Waals surface area contributed by atoms with Gasteiger partial charge in [-0.25, -0.2) is 13.4 Å². The minimum Gasteiger partial charge on any atom is -0.340 e. The molecule has 2 heterocycles. The molecule has 25 heavy (non-hydrogen) atoms. The quantitative estimate of drug-likeness (QED) is 0.755. The lowest BCUT2D eigenvalue weighted by Crippen LogP contribution is -2.50. The summed E-state index contributed by atoms with van der Waals surface area (Å²) in [5.41, 5.74) is 0.465. The molecule has 134 valence electrons. The van der Waals surface area contributed by atoms with Crippen molar-refractivity contribution in [2.45, 2.75) is 13.0 Å². The first-order valence-corrected chi connectivity index (χ1v) is 9.88. The van der Waals surface area contributed by atoms with Gasteiger partial charge in [-0.15, -0.1) is 0 Å². The molecule has 8 nitrogen and oxygen atoms in total. The van der Waals surface area contributed by atoms with Crippen molar-refractivity contribution in [1.82, 2.24) is 18.8 Å². The third-order valence-electron chi connectivity index (χ3n) is 4.36. The fourth-order valence-corrected chi connectivity index (χ4v) is 3.74. The first-order chi connectivity index (χ1) is 11.9. The van der Waals surface area contributed by atoms with Crippen LogP contribution < -0.4 is 5.56 Å². The second kappa shape index (κ2) is 6.93. The van der Waals surface area contributed by atoms with Gasteiger partial charge in [0.25, 0.3) is 5.56 Å². The summed E-state index contributed by atoms with van der Waals surface area (Å²) in [4.78, 5) is 30.6. The average Bonchev–Trinajstić information content (AvgIpc) is 2.60. The summed E-state index contributed by atoms with van der Waals surface area (Å²) >= 11 is 0. The van der Waals surface area contributed by atoms with Crippen molar-refractivity contribution in [1.29, 1.82) is 0 Å². The van der Waals surface area contributed by atoms with E-state index < -0.39 is 10.0 Å². The predicted octanol–water partition coefficient (Wildman–Crippen LogP) is -0.110. The summed E-state index contributed by atoms with van der Waals surface area (Å²) in [6.07, 6.45) is 2.81. The minimum atomic E-state index is -3.22. The third-order valence-corrected chi connectivity index (χ3v) is 5.66. The Hall–Kier alpha value is -2.26. The zero-order chi connectivity index (χ0) is 18.0. The van der Waals surface area contributed by atoms with E-state index in [1.807, 2.05) is 6.07 Å². The number of carbonyl (C=O) groups is 1. The Balaban J connectivity index is 1.62. The van der Waals surface area contributed by atoms with E-state index in [0.29, 0.717) is 37.1 Å². The first kappa shape index (κ1) is 17.6. The lowest BCUT2D eigenvalue weighted by atomic mass is 10.2. The molecule has 1 amide bonds. The van der Waals surface area contributed by atoms with Crippen LogP contribution in [0.15, 0.2) is 35.4 Å². The van der Waals surface area contributed by atoms with E-state index in [1.165, 1.54) is 21.5 Å². The van der Waals surface area contributed by atoms with E-state index in [0.717, 1.165) is 0 Å². The summed E-state index contributed by atoms with van der Waals surface area (Å²) in [7, 11) is -3.22. The molecular formula is C16H20N4O4S. The zero-order valence-electron chi connectivity index (χ0n) is 14.0. The van der Waals surface area contributed by atoms with E-state index in [1.54, 1.807) is 23.1 Å². The molecule has 9 heteroatoms. The Labute approximate surface area is 145 Å². The maximum atomic E-state index is 12.4. The van der Waals surface area contributed by atoms with Gasteiger partial charge in [0.1, 0.15) is 0 Å². The van der Waals surface area contributed by atoms with Crippen LogP contribution in [-0.4, -0.2) is 65.5 Å². The molecular weight excluding hydrogens is 344 g/mol. The van der Waals surface area contributed by atoms with Gasteiger partial charge >= 0.3 is 0 Å². The Bertz CT molecular complexity index is 946. The second-order valence-electron chi connectivity index (χ2n) is 6.05. The molecule has 1 fully saturated rings. The monoisotopic (exact) mass is 364 g/mol. The number of aromatic nitrogens is 2. The van der Waals surface area contributed by atoms with Crippen LogP contribution >= 0.6 is 0 Å². The number of sulfonamides is 1. The summed E-state index contributed by atoms with van der Waals surface area (Å²) in [5, 5.41) is 0.527. The highest BCUT2D eigenvalue weighted by Crippen LogP contribution is 2.08. The number of benzene rings is 1. The Morgan fingerprint density at radius 1 is 1.16 bits per heavy atom. The molecule has 1 aliphatic rings. The van der Waals surface area contributed by atoms with Gasteiger partial charge in [-0.2, -0.15) is 4.31 Å². The van der Waals surface area contributed by atoms with Gasteiger partial charge in [-0.05, 0) is 12.1 Å². The number of piperazine rings is 1. The van der Waals surface area contributed by atoms with Crippen LogP contribution in [0.4, 0.5) is 0 Å². The number of nitrogens with zero attached hydrogens (tertiary/aromatic N) is 4. The first-order valence-electron chi connectivity index (χ1n) is 8.03. The number of carbonyl (C=O) groups excluding carboxylic acids is 1. The molecule has 1 saturated heterocycles. The molecule has 1 aliphatic heterocycles. The molecule has 3 rings (SSSR count). The number of hydrogen-bond acceptors (Lipinski definition) is 5. The van der Waals surface area contributed by atoms with Crippen LogP contribution in [0.5, 0.6) is 0 Å². The summed E-state index contributed by atoms with van der Waals surface area (Å²) in [6.45, 7) is 1.61. The van der Waals surface area contributed by atoms with Crippen molar-refractivity contribution >= 4 is 26.8 Å². The molecule has 2 aromatic rings. The SMILES string of the molecule is CS(=O)(=O)N1CCN(C(=O)CCn2cnc3ccccc3c2=O)CC1. The van der Waals surface area contributed by atoms with Crippen LogP contribution in [0.25, 0.3) is 10.9 Å². The molecule has 0 unspecified atom stereocenters. The van der Waals surface area contributed by atoms with Crippen LogP contribution in [0.1, 0.15) is 6.42 Å². The minimum absolute atomic E-state index is 0.0896. The average molecular weight is 364 g/mol. The number of hydrogen-bond donors (Lipinski definition) is 0. The van der Waals surface area contributed by atoms with Crippen molar-refractivity contribution in [3.63, 3.8) is 0 Å². The van der Waals surface area contributed by atoms with E-state index in [4.69, 9.17) is 0 Å². The maximum absolute atomic E-state index is 12.4.